The standard InChI is InChI=1S/C24H32N2O5/c1-16-12-13-20(29-6)19(14-16)25-22(27)21(26-23(28)31-24(3,4)5)17(2)30-15-18-10-8-7-9-11-18/h7-14,17,21H,15H2,1-6H3,(H,25,27)(H,26,28)/t17-,21-/m1/s1. The number of alkyl carbamates (subject to hydrolysis) is 1. The molecule has 0 aliphatic heterocycles. The van der Waals surface area contributed by atoms with Crippen LogP contribution >= 0.6 is 0 Å². The number of carbonyl (C=O) groups is 2. The number of hydrogen-bond donors (Lipinski definition) is 2. The molecule has 0 aliphatic rings. The summed E-state index contributed by atoms with van der Waals surface area (Å²) >= 11 is 0. The van der Waals surface area contributed by atoms with Gasteiger partial charge in [0.05, 0.1) is 25.5 Å². The highest BCUT2D eigenvalue weighted by molar-refractivity contribution is 5.98. The average Bonchev–Trinajstić information content (AvgIpc) is 2.70. The number of amides is 2. The molecule has 0 radical (unpaired) electrons. The molecule has 0 saturated heterocycles. The number of anilines is 1. The van der Waals surface area contributed by atoms with Gasteiger partial charge in [-0.1, -0.05) is 36.4 Å². The molecule has 31 heavy (non-hydrogen) atoms. The van der Waals surface area contributed by atoms with E-state index in [1.165, 1.54) is 7.11 Å². The SMILES string of the molecule is COc1ccc(C)cc1NC(=O)[C@H](NC(=O)OC(C)(C)C)[C@@H](C)OCc1ccccc1. The Morgan fingerprint density at radius 2 is 1.74 bits per heavy atom. The predicted octanol–water partition coefficient (Wildman–Crippen LogP) is 4.44. The molecule has 0 unspecified atom stereocenters. The highest BCUT2D eigenvalue weighted by atomic mass is 16.6. The van der Waals surface area contributed by atoms with E-state index in [2.05, 4.69) is 10.6 Å². The van der Waals surface area contributed by atoms with Crippen molar-refractivity contribution in [3.05, 3.63) is 59.7 Å². The van der Waals surface area contributed by atoms with Gasteiger partial charge in [-0.15, -0.1) is 0 Å². The molecule has 0 spiro atoms. The molecule has 0 aromatic heterocycles. The number of aryl methyl sites for hydroxylation is 1. The summed E-state index contributed by atoms with van der Waals surface area (Å²) in [6, 6.07) is 14.1. The molecule has 0 heterocycles. The van der Waals surface area contributed by atoms with Crippen molar-refractivity contribution in [1.82, 2.24) is 5.32 Å². The van der Waals surface area contributed by atoms with Crippen LogP contribution in [0.15, 0.2) is 48.5 Å². The Bertz CT molecular complexity index is 877. The van der Waals surface area contributed by atoms with Crippen LogP contribution in [0.25, 0.3) is 0 Å². The van der Waals surface area contributed by atoms with Crippen molar-refractivity contribution in [1.29, 1.82) is 0 Å². The van der Waals surface area contributed by atoms with Crippen LogP contribution in [-0.2, 0) is 20.9 Å². The van der Waals surface area contributed by atoms with Crippen LogP contribution in [0.2, 0.25) is 0 Å². The van der Waals surface area contributed by atoms with Crippen LogP contribution in [0.5, 0.6) is 5.75 Å². The Labute approximate surface area is 184 Å². The third-order valence-corrected chi connectivity index (χ3v) is 4.39. The van der Waals surface area contributed by atoms with Gasteiger partial charge in [-0.2, -0.15) is 0 Å². The van der Waals surface area contributed by atoms with Gasteiger partial charge in [-0.25, -0.2) is 4.79 Å². The number of methoxy groups -OCH3 is 1. The van der Waals surface area contributed by atoms with Gasteiger partial charge >= 0.3 is 6.09 Å². The van der Waals surface area contributed by atoms with Crippen molar-refractivity contribution in [2.75, 3.05) is 12.4 Å². The molecule has 0 bridgehead atoms. The van der Waals surface area contributed by atoms with Crippen molar-refractivity contribution in [3.8, 4) is 5.75 Å². The maximum absolute atomic E-state index is 13.1. The minimum Gasteiger partial charge on any atom is -0.495 e. The highest BCUT2D eigenvalue weighted by Crippen LogP contribution is 2.25. The fourth-order valence-electron chi connectivity index (χ4n) is 2.86. The van der Waals surface area contributed by atoms with E-state index >= 15 is 0 Å². The van der Waals surface area contributed by atoms with E-state index in [9.17, 15) is 9.59 Å². The molecule has 168 valence electrons. The molecule has 2 amide bonds. The first kappa shape index (κ1) is 24.2. The Hall–Kier alpha value is -3.06. The number of hydrogen-bond acceptors (Lipinski definition) is 5. The zero-order valence-corrected chi connectivity index (χ0v) is 19.0. The van der Waals surface area contributed by atoms with Gasteiger partial charge in [0, 0.05) is 0 Å². The minimum absolute atomic E-state index is 0.301. The van der Waals surface area contributed by atoms with Gasteiger partial charge in [-0.05, 0) is 57.9 Å². The molecular weight excluding hydrogens is 396 g/mol. The molecule has 0 aliphatic carbocycles. The monoisotopic (exact) mass is 428 g/mol. The van der Waals surface area contributed by atoms with Crippen LogP contribution in [0.3, 0.4) is 0 Å². The first-order chi connectivity index (χ1) is 14.6. The number of nitrogens with one attached hydrogen (secondary N) is 2. The van der Waals surface area contributed by atoms with E-state index < -0.39 is 29.7 Å². The van der Waals surface area contributed by atoms with Crippen molar-refractivity contribution < 1.29 is 23.8 Å². The van der Waals surface area contributed by atoms with Crippen molar-refractivity contribution in [3.63, 3.8) is 0 Å². The second kappa shape index (κ2) is 10.8. The van der Waals surface area contributed by atoms with Crippen molar-refractivity contribution in [2.45, 2.75) is 59.0 Å². The number of rotatable bonds is 8. The lowest BCUT2D eigenvalue weighted by atomic mass is 10.1. The fourth-order valence-corrected chi connectivity index (χ4v) is 2.86. The van der Waals surface area contributed by atoms with Gasteiger partial charge in [-0.3, -0.25) is 4.79 Å². The maximum atomic E-state index is 13.1. The zero-order valence-electron chi connectivity index (χ0n) is 19.0. The van der Waals surface area contributed by atoms with E-state index in [1.54, 1.807) is 39.8 Å². The Balaban J connectivity index is 2.18. The summed E-state index contributed by atoms with van der Waals surface area (Å²) in [7, 11) is 1.53. The Kier molecular flexibility index (Phi) is 8.45. The molecule has 7 nitrogen and oxygen atoms in total. The van der Waals surface area contributed by atoms with Crippen LogP contribution in [-0.4, -0.2) is 36.9 Å². The summed E-state index contributed by atoms with van der Waals surface area (Å²) in [6.45, 7) is 9.22. The minimum atomic E-state index is -0.983. The summed E-state index contributed by atoms with van der Waals surface area (Å²) < 4.78 is 16.6. The van der Waals surface area contributed by atoms with E-state index in [4.69, 9.17) is 14.2 Å². The number of carbonyl (C=O) groups excluding carboxylic acids is 2. The predicted molar refractivity (Wildman–Crippen MR) is 120 cm³/mol. The van der Waals surface area contributed by atoms with Gasteiger partial charge in [0.1, 0.15) is 17.4 Å². The summed E-state index contributed by atoms with van der Waals surface area (Å²) in [5.41, 5.74) is 1.74. The fraction of sp³-hybridized carbons (Fsp3) is 0.417. The molecule has 2 N–H and O–H groups in total. The summed E-state index contributed by atoms with van der Waals surface area (Å²) in [4.78, 5) is 25.5. The summed E-state index contributed by atoms with van der Waals surface area (Å²) in [5.74, 6) is 0.0862. The summed E-state index contributed by atoms with van der Waals surface area (Å²) in [6.07, 6.45) is -1.32. The topological polar surface area (TPSA) is 85.9 Å². The lowest BCUT2D eigenvalue weighted by Crippen LogP contribution is -2.52. The van der Waals surface area contributed by atoms with E-state index in [1.807, 2.05) is 43.3 Å². The van der Waals surface area contributed by atoms with Crippen LogP contribution in [0, 0.1) is 6.92 Å². The van der Waals surface area contributed by atoms with E-state index in [-0.39, 0.29) is 0 Å². The smallest absolute Gasteiger partial charge is 0.408 e. The second-order valence-corrected chi connectivity index (χ2v) is 8.32. The van der Waals surface area contributed by atoms with Gasteiger partial charge in [0.15, 0.2) is 0 Å². The molecule has 0 fully saturated rings. The Morgan fingerprint density at radius 3 is 2.35 bits per heavy atom. The van der Waals surface area contributed by atoms with Gasteiger partial charge < -0.3 is 24.8 Å². The van der Waals surface area contributed by atoms with Gasteiger partial charge in [0.2, 0.25) is 5.91 Å². The number of ether oxygens (including phenoxy) is 3. The van der Waals surface area contributed by atoms with Crippen LogP contribution < -0.4 is 15.4 Å². The number of benzene rings is 2. The maximum Gasteiger partial charge on any atom is 0.408 e. The van der Waals surface area contributed by atoms with E-state index in [0.29, 0.717) is 18.0 Å². The highest BCUT2D eigenvalue weighted by Gasteiger charge is 2.30. The molecule has 2 aromatic carbocycles. The van der Waals surface area contributed by atoms with E-state index in [0.717, 1.165) is 11.1 Å². The largest absolute Gasteiger partial charge is 0.495 e. The molecule has 2 rings (SSSR count). The molecular formula is C24H32N2O5. The van der Waals surface area contributed by atoms with Crippen molar-refractivity contribution in [2.24, 2.45) is 0 Å². The molecule has 7 heteroatoms. The Morgan fingerprint density at radius 1 is 1.06 bits per heavy atom. The first-order valence-corrected chi connectivity index (χ1v) is 10.2. The second-order valence-electron chi connectivity index (χ2n) is 8.32. The molecule has 2 aromatic rings. The molecule has 0 saturated carbocycles. The third-order valence-electron chi connectivity index (χ3n) is 4.39. The van der Waals surface area contributed by atoms with Crippen LogP contribution in [0.4, 0.5) is 10.5 Å². The summed E-state index contributed by atoms with van der Waals surface area (Å²) in [5, 5.41) is 5.48. The molecule has 2 atom stereocenters. The average molecular weight is 429 g/mol. The lowest BCUT2D eigenvalue weighted by Gasteiger charge is -2.27. The third kappa shape index (κ3) is 7.94. The normalized spacial score (nSPS) is 13.1. The van der Waals surface area contributed by atoms with Crippen molar-refractivity contribution >= 4 is 17.7 Å². The first-order valence-electron chi connectivity index (χ1n) is 10.2. The quantitative estimate of drug-likeness (QED) is 0.649. The zero-order chi connectivity index (χ0) is 23.0. The lowest BCUT2D eigenvalue weighted by molar-refractivity contribution is -0.122. The van der Waals surface area contributed by atoms with Crippen LogP contribution in [0.1, 0.15) is 38.8 Å². The van der Waals surface area contributed by atoms with Gasteiger partial charge in [0.25, 0.3) is 0 Å².